The van der Waals surface area contributed by atoms with Crippen LogP contribution in [0.15, 0.2) is 24.7 Å². The third-order valence-electron chi connectivity index (χ3n) is 4.42. The molecule has 1 aliphatic heterocycles. The minimum absolute atomic E-state index is 0.0499. The molecule has 0 bridgehead atoms. The molecule has 1 saturated heterocycles. The Hall–Kier alpha value is -2.02. The van der Waals surface area contributed by atoms with Crippen molar-refractivity contribution in [2.75, 3.05) is 25.0 Å². The largest absolute Gasteiger partial charge is 0.351 e. The van der Waals surface area contributed by atoms with Crippen molar-refractivity contribution in [2.24, 2.45) is 0 Å². The van der Waals surface area contributed by atoms with Crippen molar-refractivity contribution in [3.8, 4) is 0 Å². The lowest BCUT2D eigenvalue weighted by molar-refractivity contribution is 0.267. The summed E-state index contributed by atoms with van der Waals surface area (Å²) in [6.45, 7) is 9.28. The molecule has 2 aromatic heterocycles. The highest BCUT2D eigenvalue weighted by atomic mass is 15.4. The Bertz CT molecular complexity index is 646. The second-order valence-electron chi connectivity index (χ2n) is 7.53. The molecule has 0 N–H and O–H groups in total. The molecule has 0 amide bonds. The smallest absolute Gasteiger partial charge is 0.151 e. The van der Waals surface area contributed by atoms with Crippen molar-refractivity contribution < 1.29 is 0 Å². The van der Waals surface area contributed by atoms with Crippen LogP contribution in [0.25, 0.3) is 0 Å². The lowest BCUT2D eigenvalue weighted by atomic mass is 10.1. The molecular weight excluding hydrogens is 302 g/mol. The van der Waals surface area contributed by atoms with Crippen LogP contribution in [0.2, 0.25) is 0 Å². The van der Waals surface area contributed by atoms with Gasteiger partial charge in [-0.05, 0) is 52.8 Å². The van der Waals surface area contributed by atoms with E-state index >= 15 is 0 Å². The zero-order valence-corrected chi connectivity index (χ0v) is 15.1. The summed E-state index contributed by atoms with van der Waals surface area (Å²) in [5.74, 6) is 1.99. The summed E-state index contributed by atoms with van der Waals surface area (Å²) < 4.78 is 2.01. The Morgan fingerprint density at radius 3 is 2.88 bits per heavy atom. The van der Waals surface area contributed by atoms with E-state index in [4.69, 9.17) is 0 Å². The van der Waals surface area contributed by atoms with Crippen LogP contribution in [-0.4, -0.2) is 56.0 Å². The second kappa shape index (κ2) is 6.84. The fourth-order valence-corrected chi connectivity index (χ4v) is 3.37. The molecule has 7 nitrogen and oxygen atoms in total. The van der Waals surface area contributed by atoms with Gasteiger partial charge < -0.3 is 4.90 Å². The average Bonchev–Trinajstić information content (AvgIpc) is 3.17. The van der Waals surface area contributed by atoms with Gasteiger partial charge in [-0.2, -0.15) is 10.2 Å². The molecule has 0 aliphatic carbocycles. The van der Waals surface area contributed by atoms with Crippen molar-refractivity contribution in [1.29, 1.82) is 0 Å². The Labute approximate surface area is 143 Å². The fourth-order valence-electron chi connectivity index (χ4n) is 3.37. The van der Waals surface area contributed by atoms with E-state index in [-0.39, 0.29) is 5.54 Å². The molecule has 1 atom stereocenters. The Morgan fingerprint density at radius 2 is 2.17 bits per heavy atom. The molecule has 0 saturated carbocycles. The topological polar surface area (TPSA) is 63.0 Å². The van der Waals surface area contributed by atoms with Crippen molar-refractivity contribution in [3.63, 3.8) is 0 Å². The van der Waals surface area contributed by atoms with E-state index < -0.39 is 0 Å². The van der Waals surface area contributed by atoms with Gasteiger partial charge in [0, 0.05) is 25.3 Å². The third kappa shape index (κ3) is 3.72. The van der Waals surface area contributed by atoms with Crippen LogP contribution >= 0.6 is 0 Å². The van der Waals surface area contributed by atoms with Crippen LogP contribution in [0.1, 0.15) is 39.4 Å². The summed E-state index contributed by atoms with van der Waals surface area (Å²) in [6, 6.07) is 4.46. The summed E-state index contributed by atoms with van der Waals surface area (Å²) >= 11 is 0. The molecule has 0 radical (unpaired) electrons. The number of hydrogen-bond donors (Lipinski definition) is 0. The van der Waals surface area contributed by atoms with Crippen molar-refractivity contribution in [3.05, 3.63) is 30.5 Å². The molecule has 0 unspecified atom stereocenters. The minimum atomic E-state index is -0.0499. The normalized spacial score (nSPS) is 18.5. The first kappa shape index (κ1) is 16.8. The molecule has 0 aromatic carbocycles. The molecule has 7 heteroatoms. The number of aromatic nitrogens is 5. The number of anilines is 1. The lowest BCUT2D eigenvalue weighted by Gasteiger charge is -2.29. The Balaban J connectivity index is 1.65. The molecule has 2 aromatic rings. The maximum atomic E-state index is 4.45. The Morgan fingerprint density at radius 1 is 1.33 bits per heavy atom. The second-order valence-corrected chi connectivity index (χ2v) is 7.53. The average molecular weight is 329 g/mol. The lowest BCUT2D eigenvalue weighted by Crippen LogP contribution is -2.40. The first-order valence-corrected chi connectivity index (χ1v) is 8.57. The highest BCUT2D eigenvalue weighted by Crippen LogP contribution is 2.24. The quantitative estimate of drug-likeness (QED) is 0.835. The van der Waals surface area contributed by atoms with E-state index in [0.717, 1.165) is 31.3 Å². The van der Waals surface area contributed by atoms with E-state index in [1.807, 2.05) is 16.8 Å². The molecule has 3 rings (SSSR count). The number of hydrogen-bond acceptors (Lipinski definition) is 6. The van der Waals surface area contributed by atoms with E-state index in [2.05, 4.69) is 57.9 Å². The van der Waals surface area contributed by atoms with E-state index in [0.29, 0.717) is 6.04 Å². The van der Waals surface area contributed by atoms with Crippen molar-refractivity contribution in [1.82, 2.24) is 29.9 Å². The van der Waals surface area contributed by atoms with Gasteiger partial charge in [-0.3, -0.25) is 4.90 Å². The van der Waals surface area contributed by atoms with Crippen LogP contribution in [0.3, 0.4) is 0 Å². The van der Waals surface area contributed by atoms with Gasteiger partial charge in [0.2, 0.25) is 0 Å². The summed E-state index contributed by atoms with van der Waals surface area (Å²) in [5.41, 5.74) is -0.0499. The highest BCUT2D eigenvalue weighted by molar-refractivity contribution is 5.39. The molecule has 3 heterocycles. The fraction of sp³-hybridized carbons (Fsp3) is 0.647. The zero-order chi connectivity index (χ0) is 17.2. The van der Waals surface area contributed by atoms with Crippen molar-refractivity contribution in [2.45, 2.75) is 51.7 Å². The van der Waals surface area contributed by atoms with E-state index in [9.17, 15) is 0 Å². The van der Waals surface area contributed by atoms with Gasteiger partial charge in [0.25, 0.3) is 0 Å². The number of nitrogens with zero attached hydrogens (tertiary/aromatic N) is 7. The molecular formula is C17H27N7. The standard InChI is InChI=1S/C17H27N7/c1-17(2,3)24-16(18-13-20-24)12-22(4)11-14-7-6-10-23(14)15-8-5-9-19-21-15/h5,8-9,13-14H,6-7,10-12H2,1-4H3/t14-/m0/s1. The SMILES string of the molecule is CN(Cc1ncnn1C(C)(C)C)C[C@@H]1CCCN1c1cccnn1. The first-order chi connectivity index (χ1) is 11.4. The van der Waals surface area contributed by atoms with Crippen LogP contribution in [0.4, 0.5) is 5.82 Å². The number of rotatable bonds is 5. The van der Waals surface area contributed by atoms with Gasteiger partial charge in [-0.1, -0.05) is 0 Å². The maximum absolute atomic E-state index is 4.45. The maximum Gasteiger partial charge on any atom is 0.151 e. The summed E-state index contributed by atoms with van der Waals surface area (Å²) in [6.07, 6.45) is 5.76. The Kier molecular flexibility index (Phi) is 4.80. The van der Waals surface area contributed by atoms with Crippen LogP contribution < -0.4 is 4.90 Å². The predicted octanol–water partition coefficient (Wildman–Crippen LogP) is 1.92. The third-order valence-corrected chi connectivity index (χ3v) is 4.42. The van der Waals surface area contributed by atoms with Gasteiger partial charge in [0.05, 0.1) is 12.1 Å². The number of likely N-dealkylation sites (N-methyl/N-ethyl adjacent to an activating group) is 1. The summed E-state index contributed by atoms with van der Waals surface area (Å²) in [5, 5.41) is 12.7. The van der Waals surface area contributed by atoms with Crippen LogP contribution in [-0.2, 0) is 12.1 Å². The van der Waals surface area contributed by atoms with Crippen LogP contribution in [0.5, 0.6) is 0 Å². The van der Waals surface area contributed by atoms with Gasteiger partial charge in [0.15, 0.2) is 5.82 Å². The molecule has 0 spiro atoms. The highest BCUT2D eigenvalue weighted by Gasteiger charge is 2.27. The summed E-state index contributed by atoms with van der Waals surface area (Å²) in [7, 11) is 2.15. The zero-order valence-electron chi connectivity index (χ0n) is 15.1. The van der Waals surface area contributed by atoms with Gasteiger partial charge in [-0.15, -0.1) is 5.10 Å². The first-order valence-electron chi connectivity index (χ1n) is 8.57. The van der Waals surface area contributed by atoms with Gasteiger partial charge >= 0.3 is 0 Å². The van der Waals surface area contributed by atoms with Gasteiger partial charge in [0.1, 0.15) is 12.2 Å². The minimum Gasteiger partial charge on any atom is -0.351 e. The predicted molar refractivity (Wildman–Crippen MR) is 93.8 cm³/mol. The monoisotopic (exact) mass is 329 g/mol. The van der Waals surface area contributed by atoms with Crippen LogP contribution in [0, 0.1) is 0 Å². The molecule has 1 fully saturated rings. The van der Waals surface area contributed by atoms with E-state index in [1.165, 1.54) is 12.8 Å². The van der Waals surface area contributed by atoms with Crippen molar-refractivity contribution >= 4 is 5.82 Å². The molecule has 1 aliphatic rings. The van der Waals surface area contributed by atoms with E-state index in [1.54, 1.807) is 12.5 Å². The summed E-state index contributed by atoms with van der Waals surface area (Å²) in [4.78, 5) is 9.15. The molecule has 130 valence electrons. The van der Waals surface area contributed by atoms with Gasteiger partial charge in [-0.25, -0.2) is 9.67 Å². The molecule has 24 heavy (non-hydrogen) atoms.